The third-order valence-electron chi connectivity index (χ3n) is 2.86. The Bertz CT molecular complexity index is 709. The molecule has 0 amide bonds. The van der Waals surface area contributed by atoms with Crippen molar-refractivity contribution < 1.29 is 33.4 Å². The molecule has 1 aromatic rings. The van der Waals surface area contributed by atoms with Gasteiger partial charge in [-0.25, -0.2) is 0 Å². The van der Waals surface area contributed by atoms with E-state index in [1.54, 1.807) is 0 Å². The Labute approximate surface area is 107 Å². The molecule has 104 valence electrons. The van der Waals surface area contributed by atoms with Crippen LogP contribution in [0, 0.1) is 0 Å². The monoisotopic (exact) mass is 307 g/mol. The highest BCUT2D eigenvalue weighted by Crippen LogP contribution is 2.71. The van der Waals surface area contributed by atoms with Crippen molar-refractivity contribution >= 4 is 27.3 Å². The van der Waals surface area contributed by atoms with E-state index in [0.717, 1.165) is 12.2 Å². The molecule has 0 aliphatic heterocycles. The summed E-state index contributed by atoms with van der Waals surface area (Å²) in [5.41, 5.74) is 0. The predicted octanol–water partition coefficient (Wildman–Crippen LogP) is -1.28. The zero-order valence-electron chi connectivity index (χ0n) is 9.66. The maximum atomic E-state index is 11.5. The fourth-order valence-corrected chi connectivity index (χ4v) is 4.45. The molecule has 1 aromatic heterocycles. The van der Waals surface area contributed by atoms with Crippen LogP contribution in [0.2, 0.25) is 0 Å². The van der Waals surface area contributed by atoms with Gasteiger partial charge in [0.25, 0.3) is 0 Å². The molecule has 0 saturated heterocycles. The van der Waals surface area contributed by atoms with Crippen LogP contribution in [0.5, 0.6) is 5.75 Å². The molecule has 0 spiro atoms. The van der Waals surface area contributed by atoms with E-state index in [-0.39, 0.29) is 16.2 Å². The molecule has 0 aromatic carbocycles. The van der Waals surface area contributed by atoms with E-state index in [2.05, 4.69) is 4.98 Å². The molecule has 0 bridgehead atoms. The Kier molecular flexibility index (Phi) is 3.22. The first-order chi connectivity index (χ1) is 8.62. The summed E-state index contributed by atoms with van der Waals surface area (Å²) in [6.45, 7) is 0. The lowest BCUT2D eigenvalue weighted by molar-refractivity contribution is 0.339. The Morgan fingerprint density at radius 1 is 1.11 bits per heavy atom. The van der Waals surface area contributed by atoms with E-state index in [9.17, 15) is 28.7 Å². The first kappa shape index (κ1) is 14.4. The summed E-state index contributed by atoms with van der Waals surface area (Å²) < 4.78 is 28.1. The first-order valence-corrected chi connectivity index (χ1v) is 8.20. The van der Waals surface area contributed by atoms with Crippen molar-refractivity contribution in [3.05, 3.63) is 22.8 Å². The minimum atomic E-state index is -5.14. The van der Waals surface area contributed by atoms with E-state index < -0.39 is 20.1 Å². The van der Waals surface area contributed by atoms with Gasteiger partial charge in [0, 0.05) is 16.6 Å². The number of nitrogens with zero attached hydrogens (tertiary/aromatic N) is 1. The van der Waals surface area contributed by atoms with Crippen LogP contribution in [-0.4, -0.2) is 36.6 Å². The molecule has 2 rings (SSSR count). The normalized spacial score (nSPS) is 17.3. The maximum Gasteiger partial charge on any atom is 0.351 e. The quantitative estimate of drug-likeness (QED) is 0.507. The average molecular weight is 307 g/mol. The molecule has 1 aliphatic carbocycles. The fourth-order valence-electron chi connectivity index (χ4n) is 1.89. The van der Waals surface area contributed by atoms with Gasteiger partial charge in [-0.3, -0.25) is 14.1 Å². The number of methoxy groups -OCH3 is 1. The summed E-state index contributed by atoms with van der Waals surface area (Å²) in [5.74, 6) is 0.178. The standard InChI is InChI=1S/C9H11NO7P2/c1-17-8-5-10-4-6-2-9(3-7(6)8,18(11,12)13)19(14,15)16/h2-5H,1H3,(H2,11,12,13)(H2,14,15,16). The second kappa shape index (κ2) is 4.24. The highest BCUT2D eigenvalue weighted by molar-refractivity contribution is 7.74. The van der Waals surface area contributed by atoms with Gasteiger partial charge in [0.2, 0.25) is 4.90 Å². The summed E-state index contributed by atoms with van der Waals surface area (Å²) in [4.78, 5) is 38.4. The molecule has 0 saturated carbocycles. The van der Waals surface area contributed by atoms with E-state index in [4.69, 9.17) is 4.74 Å². The summed E-state index contributed by atoms with van der Waals surface area (Å²) in [6.07, 6.45) is 4.24. The second-order valence-corrected chi connectivity index (χ2v) is 8.01. The number of ether oxygens (including phenoxy) is 1. The van der Waals surface area contributed by atoms with Crippen molar-refractivity contribution in [2.75, 3.05) is 7.11 Å². The molecule has 0 radical (unpaired) electrons. The van der Waals surface area contributed by atoms with Crippen LogP contribution < -0.4 is 15.2 Å². The van der Waals surface area contributed by atoms with Crippen LogP contribution in [0.25, 0.3) is 12.2 Å². The van der Waals surface area contributed by atoms with Crippen molar-refractivity contribution in [1.29, 1.82) is 0 Å². The molecular weight excluding hydrogens is 296 g/mol. The molecule has 0 atom stereocenters. The van der Waals surface area contributed by atoms with E-state index in [1.165, 1.54) is 19.5 Å². The van der Waals surface area contributed by atoms with E-state index in [1.807, 2.05) is 0 Å². The van der Waals surface area contributed by atoms with Crippen LogP contribution in [-0.2, 0) is 9.13 Å². The minimum absolute atomic E-state index is 0.178. The maximum absolute atomic E-state index is 11.5. The highest BCUT2D eigenvalue weighted by Gasteiger charge is 2.58. The molecule has 0 fully saturated rings. The molecule has 19 heavy (non-hydrogen) atoms. The van der Waals surface area contributed by atoms with Crippen molar-refractivity contribution in [3.8, 4) is 5.75 Å². The molecule has 10 heteroatoms. The largest absolute Gasteiger partial charge is 0.495 e. The van der Waals surface area contributed by atoms with Gasteiger partial charge < -0.3 is 24.3 Å². The van der Waals surface area contributed by atoms with Gasteiger partial charge in [-0.1, -0.05) is 0 Å². The van der Waals surface area contributed by atoms with Crippen LogP contribution in [0.4, 0.5) is 0 Å². The summed E-state index contributed by atoms with van der Waals surface area (Å²) in [7, 11) is -8.95. The second-order valence-electron chi connectivity index (χ2n) is 4.00. The van der Waals surface area contributed by atoms with Crippen LogP contribution >= 0.6 is 15.2 Å². The van der Waals surface area contributed by atoms with E-state index in [0.29, 0.717) is 0 Å². The molecule has 8 nitrogen and oxygen atoms in total. The predicted molar refractivity (Wildman–Crippen MR) is 65.8 cm³/mol. The number of hydrogen-bond acceptors (Lipinski definition) is 4. The molecule has 4 N–H and O–H groups in total. The van der Waals surface area contributed by atoms with Crippen molar-refractivity contribution in [2.45, 2.75) is 4.90 Å². The molecular formula is C9H11NO7P2. The number of hydrogen-bond donors (Lipinski definition) is 4. The average Bonchev–Trinajstić information content (AvgIpc) is 2.67. The van der Waals surface area contributed by atoms with Gasteiger partial charge in [-0.05, 0) is 12.2 Å². The summed E-state index contributed by atoms with van der Waals surface area (Å²) in [5, 5.41) is 0.398. The lowest BCUT2D eigenvalue weighted by Crippen LogP contribution is -2.23. The zero-order chi connectivity index (χ0) is 14.5. The van der Waals surface area contributed by atoms with Crippen LogP contribution in [0.1, 0.15) is 0 Å². The van der Waals surface area contributed by atoms with Crippen molar-refractivity contribution in [3.63, 3.8) is 0 Å². The van der Waals surface area contributed by atoms with E-state index >= 15 is 0 Å². The van der Waals surface area contributed by atoms with Crippen LogP contribution in [0.3, 0.4) is 0 Å². The van der Waals surface area contributed by atoms with Gasteiger partial charge in [0.15, 0.2) is 0 Å². The SMILES string of the molecule is COc1cncc2c1=CC(P(=O)(O)O)(P(=O)(O)O)C=2. The molecule has 0 unspecified atom stereocenters. The zero-order valence-corrected chi connectivity index (χ0v) is 11.5. The Hall–Kier alpha value is -1.01. The van der Waals surface area contributed by atoms with Crippen LogP contribution in [0.15, 0.2) is 12.4 Å². The number of pyridine rings is 1. The van der Waals surface area contributed by atoms with Gasteiger partial charge in [-0.2, -0.15) is 0 Å². The van der Waals surface area contributed by atoms with Gasteiger partial charge >= 0.3 is 15.2 Å². The van der Waals surface area contributed by atoms with Gasteiger partial charge in [-0.15, -0.1) is 0 Å². The Morgan fingerprint density at radius 2 is 1.68 bits per heavy atom. The lowest BCUT2D eigenvalue weighted by Gasteiger charge is -2.26. The minimum Gasteiger partial charge on any atom is -0.495 e. The summed E-state index contributed by atoms with van der Waals surface area (Å²) >= 11 is 0. The number of aromatic nitrogens is 1. The summed E-state index contributed by atoms with van der Waals surface area (Å²) in [6, 6.07) is 0. The van der Waals surface area contributed by atoms with Crippen molar-refractivity contribution in [1.82, 2.24) is 4.98 Å². The molecule has 1 heterocycles. The Balaban J connectivity index is 2.89. The third kappa shape index (κ3) is 2.07. The third-order valence-corrected chi connectivity index (χ3v) is 6.81. The lowest BCUT2D eigenvalue weighted by atomic mass is 10.3. The number of fused-ring (bicyclic) bond motifs is 1. The molecule has 1 aliphatic rings. The van der Waals surface area contributed by atoms with Gasteiger partial charge in [0.05, 0.1) is 13.3 Å². The first-order valence-electron chi connectivity index (χ1n) is 4.97. The highest BCUT2D eigenvalue weighted by atomic mass is 31.2. The number of rotatable bonds is 3. The Morgan fingerprint density at radius 3 is 2.16 bits per heavy atom. The smallest absolute Gasteiger partial charge is 0.351 e. The topological polar surface area (TPSA) is 137 Å². The van der Waals surface area contributed by atoms with Crippen molar-refractivity contribution in [2.24, 2.45) is 0 Å². The van der Waals surface area contributed by atoms with Gasteiger partial charge in [0.1, 0.15) is 5.75 Å². The fraction of sp³-hybridized carbons (Fsp3) is 0.222.